The molecule has 0 radical (unpaired) electrons. The number of halogens is 1. The first-order valence-electron chi connectivity index (χ1n) is 3.84. The van der Waals surface area contributed by atoms with E-state index in [0.717, 1.165) is 6.07 Å². The second-order valence-electron chi connectivity index (χ2n) is 2.61. The van der Waals surface area contributed by atoms with Crippen LogP contribution in [0.1, 0.15) is 5.69 Å². The van der Waals surface area contributed by atoms with Crippen LogP contribution in [0.4, 0.5) is 5.82 Å². The van der Waals surface area contributed by atoms with Gasteiger partial charge in [0.1, 0.15) is 5.10 Å². The number of nitrogens with zero attached hydrogens (tertiary/aromatic N) is 5. The number of nitro groups is 3. The van der Waals surface area contributed by atoms with E-state index in [1.807, 2.05) is 0 Å². The molecule has 1 heterocycles. The standard InChI is InChI=1S/C5H3BrN5O6.K/c6-2-3-1-4(9(12)13)7-8(3)5(10(14)15)11(16)17;/h1H,2H2;/q-1;+1. The van der Waals surface area contributed by atoms with E-state index in [9.17, 15) is 30.3 Å². The minimum absolute atomic E-state index is 0. The molecule has 0 spiro atoms. The van der Waals surface area contributed by atoms with Gasteiger partial charge in [0.15, 0.2) is 0 Å². The Morgan fingerprint density at radius 3 is 2.11 bits per heavy atom. The Bertz CT molecular complexity index is 477. The summed E-state index contributed by atoms with van der Waals surface area (Å²) >= 11 is 2.90. The molecule has 0 N–H and O–H groups in total. The van der Waals surface area contributed by atoms with Crippen LogP contribution >= 0.6 is 15.9 Å². The van der Waals surface area contributed by atoms with E-state index in [0.29, 0.717) is 4.68 Å². The van der Waals surface area contributed by atoms with E-state index in [2.05, 4.69) is 21.0 Å². The molecular formula is C5H3BrKN5O6. The monoisotopic (exact) mass is 347 g/mol. The summed E-state index contributed by atoms with van der Waals surface area (Å²) in [6.45, 7) is 0. The molecular weight excluding hydrogens is 345 g/mol. The second kappa shape index (κ2) is 7.10. The van der Waals surface area contributed by atoms with Gasteiger partial charge in [-0.2, -0.15) is 0 Å². The largest absolute Gasteiger partial charge is 1.00 e. The van der Waals surface area contributed by atoms with Gasteiger partial charge in [-0.25, -0.2) is 0 Å². The third kappa shape index (κ3) is 3.69. The summed E-state index contributed by atoms with van der Waals surface area (Å²) in [6, 6.07) is 0.905. The van der Waals surface area contributed by atoms with E-state index in [-0.39, 0.29) is 62.4 Å². The molecule has 13 heteroatoms. The molecule has 0 aliphatic carbocycles. The third-order valence-electron chi connectivity index (χ3n) is 1.61. The van der Waals surface area contributed by atoms with Gasteiger partial charge in [0, 0.05) is 11.4 Å². The molecule has 0 aliphatic heterocycles. The minimum atomic E-state index is -1.47. The zero-order chi connectivity index (χ0) is 13.2. The Morgan fingerprint density at radius 1 is 1.28 bits per heavy atom. The van der Waals surface area contributed by atoms with Crippen LogP contribution in [0.3, 0.4) is 0 Å². The van der Waals surface area contributed by atoms with Crippen LogP contribution in [-0.2, 0) is 5.33 Å². The second-order valence-corrected chi connectivity index (χ2v) is 3.17. The molecule has 0 saturated carbocycles. The fourth-order valence-electron chi connectivity index (χ4n) is 0.985. The summed E-state index contributed by atoms with van der Waals surface area (Å²) in [6.07, 6.45) is -1.47. The van der Waals surface area contributed by atoms with E-state index in [4.69, 9.17) is 0 Å². The van der Waals surface area contributed by atoms with Gasteiger partial charge in [-0.05, 0) is 14.8 Å². The van der Waals surface area contributed by atoms with Crippen molar-refractivity contribution < 1.29 is 66.2 Å². The van der Waals surface area contributed by atoms with Crippen molar-refractivity contribution in [1.29, 1.82) is 0 Å². The van der Waals surface area contributed by atoms with Crippen LogP contribution in [-0.4, -0.2) is 24.6 Å². The molecule has 1 aromatic rings. The molecule has 0 amide bonds. The zero-order valence-corrected chi connectivity index (χ0v) is 13.6. The van der Waals surface area contributed by atoms with Crippen molar-refractivity contribution in [3.63, 3.8) is 0 Å². The van der Waals surface area contributed by atoms with Crippen LogP contribution in [0.15, 0.2) is 6.07 Å². The smallest absolute Gasteiger partial charge is 0.358 e. The predicted octanol–water partition coefficient (Wildman–Crippen LogP) is -2.46. The van der Waals surface area contributed by atoms with E-state index < -0.39 is 26.9 Å². The van der Waals surface area contributed by atoms with E-state index in [1.165, 1.54) is 0 Å². The van der Waals surface area contributed by atoms with Gasteiger partial charge in [0.25, 0.3) is 0 Å². The Labute approximate surface area is 150 Å². The first-order chi connectivity index (χ1) is 7.88. The average Bonchev–Trinajstić information content (AvgIpc) is 2.60. The average molecular weight is 348 g/mol. The van der Waals surface area contributed by atoms with Crippen molar-refractivity contribution in [1.82, 2.24) is 9.78 Å². The first-order valence-corrected chi connectivity index (χ1v) is 4.96. The minimum Gasteiger partial charge on any atom is -0.358 e. The molecule has 1 rings (SSSR count). The summed E-state index contributed by atoms with van der Waals surface area (Å²) in [5.74, 6) is -0.708. The van der Waals surface area contributed by atoms with Crippen molar-refractivity contribution in [2.24, 2.45) is 0 Å². The molecule has 0 unspecified atom stereocenters. The zero-order valence-electron chi connectivity index (χ0n) is 8.85. The number of hydrogen-bond acceptors (Lipinski definition) is 7. The van der Waals surface area contributed by atoms with Crippen LogP contribution < -0.4 is 51.4 Å². The van der Waals surface area contributed by atoms with Crippen LogP contribution in [0.2, 0.25) is 0 Å². The molecule has 18 heavy (non-hydrogen) atoms. The molecule has 11 nitrogen and oxygen atoms in total. The molecule has 0 aromatic carbocycles. The first kappa shape index (κ1) is 17.4. The summed E-state index contributed by atoms with van der Waals surface area (Å²) < 4.78 is 0.312. The maximum atomic E-state index is 10.5. The molecule has 0 fully saturated rings. The summed E-state index contributed by atoms with van der Waals surface area (Å²) in [7, 11) is 0. The SMILES string of the molecule is O=[N+]([O-])c1cc(CBr)n([C-]([N+](=O)[O-])[N+](=O)[O-])n1.[K+]. The summed E-state index contributed by atoms with van der Waals surface area (Å²) in [5, 5.41) is 34.5. The number of aromatic nitrogens is 2. The van der Waals surface area contributed by atoms with Crippen molar-refractivity contribution in [3.8, 4) is 0 Å². The maximum absolute atomic E-state index is 10.5. The quantitative estimate of drug-likeness (QED) is 0.188. The number of hydrogen-bond donors (Lipinski definition) is 0. The van der Waals surface area contributed by atoms with Crippen LogP contribution in [0.5, 0.6) is 0 Å². The number of rotatable bonds is 5. The fraction of sp³-hybridized carbons (Fsp3) is 0.200. The topological polar surface area (TPSA) is 147 Å². The molecule has 1 aromatic heterocycles. The van der Waals surface area contributed by atoms with Crippen molar-refractivity contribution in [3.05, 3.63) is 48.4 Å². The van der Waals surface area contributed by atoms with Gasteiger partial charge in [0.05, 0.1) is 5.69 Å². The van der Waals surface area contributed by atoms with Crippen LogP contribution in [0.25, 0.3) is 0 Å². The van der Waals surface area contributed by atoms with Gasteiger partial charge in [-0.3, -0.25) is 0 Å². The van der Waals surface area contributed by atoms with Gasteiger partial charge in [-0.15, -0.1) is 15.9 Å². The molecule has 92 valence electrons. The molecule has 0 bridgehead atoms. The van der Waals surface area contributed by atoms with E-state index in [1.54, 1.807) is 0 Å². The van der Waals surface area contributed by atoms with Crippen molar-refractivity contribution in [2.75, 3.05) is 0 Å². The molecule has 0 aliphatic rings. The van der Waals surface area contributed by atoms with Gasteiger partial charge in [-0.1, -0.05) is 4.68 Å². The van der Waals surface area contributed by atoms with Gasteiger partial charge in [0.2, 0.25) is 0 Å². The fourth-order valence-corrected chi connectivity index (χ4v) is 1.38. The van der Waals surface area contributed by atoms with Crippen molar-refractivity contribution >= 4 is 21.7 Å². The Kier molecular flexibility index (Phi) is 6.86. The van der Waals surface area contributed by atoms with Crippen molar-refractivity contribution in [2.45, 2.75) is 5.33 Å². The Hall–Kier alpha value is -0.604. The Morgan fingerprint density at radius 2 is 1.78 bits per heavy atom. The third-order valence-corrected chi connectivity index (χ3v) is 2.18. The van der Waals surface area contributed by atoms with Crippen LogP contribution in [0, 0.1) is 36.6 Å². The predicted molar refractivity (Wildman–Crippen MR) is 54.1 cm³/mol. The summed E-state index contributed by atoms with van der Waals surface area (Å²) in [4.78, 5) is 27.9. The number of alkyl halides is 1. The Balaban J connectivity index is 0.00000289. The van der Waals surface area contributed by atoms with Gasteiger partial charge >= 0.3 is 63.5 Å². The normalized spacial score (nSPS) is 9.39. The molecule has 0 atom stereocenters. The van der Waals surface area contributed by atoms with E-state index >= 15 is 0 Å². The molecule has 0 saturated heterocycles. The summed E-state index contributed by atoms with van der Waals surface area (Å²) in [5.41, 5.74) is -0.0694. The van der Waals surface area contributed by atoms with Gasteiger partial charge < -0.3 is 30.3 Å². The maximum Gasteiger partial charge on any atom is 1.00 e.